The molecule has 0 aromatic heterocycles. The van der Waals surface area contributed by atoms with E-state index in [1.54, 1.807) is 0 Å². The summed E-state index contributed by atoms with van der Waals surface area (Å²) in [5.41, 5.74) is 1.41. The van der Waals surface area contributed by atoms with Crippen LogP contribution in [0.2, 0.25) is 0 Å². The topological polar surface area (TPSA) is 0 Å². The predicted molar refractivity (Wildman–Crippen MR) is 73.4 cm³/mol. The molecule has 1 nitrogen and oxygen atoms in total. The molecule has 0 amide bonds. The van der Waals surface area contributed by atoms with Gasteiger partial charge in [0.25, 0.3) is 0 Å². The van der Waals surface area contributed by atoms with Crippen molar-refractivity contribution in [3.05, 3.63) is 42.6 Å². The lowest BCUT2D eigenvalue weighted by Crippen LogP contribution is -2.45. The highest BCUT2D eigenvalue weighted by Crippen LogP contribution is 2.24. The Bertz CT molecular complexity index is 307. The zero-order chi connectivity index (χ0) is 11.9. The van der Waals surface area contributed by atoms with Gasteiger partial charge in [-0.15, -0.1) is 0 Å². The van der Waals surface area contributed by atoms with Gasteiger partial charge in [-0.1, -0.05) is 32.0 Å². The standard InChI is InChI=1S/C15H24N/c1-4-12-16(13-5-2,14-6-3)15-10-8-7-9-11-15/h4,7-12H,5-6,13-14H2,1-3H3/q+1. The van der Waals surface area contributed by atoms with Gasteiger partial charge in [-0.2, -0.15) is 0 Å². The molecule has 0 aliphatic carbocycles. The number of hydrogen-bond donors (Lipinski definition) is 0. The van der Waals surface area contributed by atoms with Crippen molar-refractivity contribution >= 4 is 5.69 Å². The van der Waals surface area contributed by atoms with Gasteiger partial charge in [0.05, 0.1) is 19.3 Å². The molecular weight excluding hydrogens is 194 g/mol. The first-order chi connectivity index (χ1) is 7.79. The summed E-state index contributed by atoms with van der Waals surface area (Å²) in [5.74, 6) is 0. The van der Waals surface area contributed by atoms with Gasteiger partial charge in [-0.05, 0) is 38.0 Å². The maximum Gasteiger partial charge on any atom is 0.137 e. The molecule has 0 spiro atoms. The minimum atomic E-state index is 0.990. The van der Waals surface area contributed by atoms with Crippen LogP contribution in [0.3, 0.4) is 0 Å². The molecule has 1 aromatic rings. The van der Waals surface area contributed by atoms with Gasteiger partial charge in [-0.3, -0.25) is 4.48 Å². The van der Waals surface area contributed by atoms with Crippen LogP contribution < -0.4 is 4.48 Å². The van der Waals surface area contributed by atoms with Gasteiger partial charge >= 0.3 is 0 Å². The summed E-state index contributed by atoms with van der Waals surface area (Å²) in [5, 5.41) is 0. The molecule has 0 bridgehead atoms. The summed E-state index contributed by atoms with van der Waals surface area (Å²) in [7, 11) is 0. The number of nitrogens with zero attached hydrogens (tertiary/aromatic N) is 1. The highest BCUT2D eigenvalue weighted by Gasteiger charge is 2.25. The number of para-hydroxylation sites is 1. The van der Waals surface area contributed by atoms with Gasteiger partial charge in [0, 0.05) is 0 Å². The number of benzene rings is 1. The lowest BCUT2D eigenvalue weighted by Gasteiger charge is -2.34. The Morgan fingerprint density at radius 1 is 1.00 bits per heavy atom. The van der Waals surface area contributed by atoms with Crippen molar-refractivity contribution in [2.24, 2.45) is 0 Å². The first kappa shape index (κ1) is 13.0. The van der Waals surface area contributed by atoms with Crippen molar-refractivity contribution in [2.45, 2.75) is 33.6 Å². The van der Waals surface area contributed by atoms with E-state index in [9.17, 15) is 0 Å². The molecule has 0 saturated heterocycles. The Balaban J connectivity index is 3.09. The number of allylic oxidation sites excluding steroid dienone is 1. The van der Waals surface area contributed by atoms with Crippen LogP contribution in [0.25, 0.3) is 0 Å². The molecule has 16 heavy (non-hydrogen) atoms. The summed E-state index contributed by atoms with van der Waals surface area (Å²) in [6, 6.07) is 10.8. The molecule has 0 atom stereocenters. The lowest BCUT2D eigenvalue weighted by molar-refractivity contribution is 0.367. The number of rotatable bonds is 6. The molecule has 0 aliphatic rings. The fourth-order valence-corrected chi connectivity index (χ4v) is 2.41. The third-order valence-corrected chi connectivity index (χ3v) is 2.95. The van der Waals surface area contributed by atoms with Crippen LogP contribution >= 0.6 is 0 Å². The van der Waals surface area contributed by atoms with E-state index in [4.69, 9.17) is 0 Å². The van der Waals surface area contributed by atoms with Crippen LogP contribution in [0.1, 0.15) is 33.6 Å². The SMILES string of the molecule is CC=C[N+](CCC)(CCC)c1ccccc1. The van der Waals surface area contributed by atoms with E-state index in [0.717, 1.165) is 4.48 Å². The molecule has 0 saturated carbocycles. The summed E-state index contributed by atoms with van der Waals surface area (Å²) in [6.45, 7) is 9.00. The Morgan fingerprint density at radius 2 is 1.56 bits per heavy atom. The third kappa shape index (κ3) is 2.96. The van der Waals surface area contributed by atoms with E-state index in [1.807, 2.05) is 0 Å². The Morgan fingerprint density at radius 3 is 2.00 bits per heavy atom. The maximum absolute atomic E-state index is 2.34. The molecule has 1 rings (SSSR count). The molecule has 1 heteroatoms. The summed E-state index contributed by atoms with van der Waals surface area (Å²) in [6.07, 6.45) is 6.93. The van der Waals surface area contributed by atoms with Gasteiger partial charge in [0.1, 0.15) is 5.69 Å². The van der Waals surface area contributed by atoms with Crippen LogP contribution in [0, 0.1) is 0 Å². The molecule has 0 N–H and O–H groups in total. The number of hydrogen-bond acceptors (Lipinski definition) is 0. The molecular formula is C15H24N+. The fourth-order valence-electron chi connectivity index (χ4n) is 2.41. The zero-order valence-corrected chi connectivity index (χ0v) is 10.8. The van der Waals surface area contributed by atoms with Crippen molar-refractivity contribution in [1.29, 1.82) is 0 Å². The van der Waals surface area contributed by atoms with Crippen LogP contribution in [0.5, 0.6) is 0 Å². The molecule has 0 radical (unpaired) electrons. The number of quaternary nitrogens is 1. The first-order valence-corrected chi connectivity index (χ1v) is 6.35. The molecule has 0 heterocycles. The van der Waals surface area contributed by atoms with Gasteiger partial charge in [-0.25, -0.2) is 0 Å². The minimum Gasteiger partial charge on any atom is -0.265 e. The lowest BCUT2D eigenvalue weighted by atomic mass is 10.2. The normalized spacial score (nSPS) is 12.2. The van der Waals surface area contributed by atoms with Crippen molar-refractivity contribution < 1.29 is 0 Å². The Kier molecular flexibility index (Phi) is 5.27. The second kappa shape index (κ2) is 6.49. The van der Waals surface area contributed by atoms with Crippen LogP contribution in [0.4, 0.5) is 5.69 Å². The Labute approximate surface area is 100.0 Å². The first-order valence-electron chi connectivity index (χ1n) is 6.35. The van der Waals surface area contributed by atoms with E-state index in [-0.39, 0.29) is 0 Å². The fraction of sp³-hybridized carbons (Fsp3) is 0.467. The average molecular weight is 218 g/mol. The quantitative estimate of drug-likeness (QED) is 0.623. The van der Waals surface area contributed by atoms with Gasteiger partial charge in [0.15, 0.2) is 0 Å². The van der Waals surface area contributed by atoms with Crippen molar-refractivity contribution in [1.82, 2.24) is 4.48 Å². The van der Waals surface area contributed by atoms with Crippen LogP contribution in [-0.2, 0) is 0 Å². The van der Waals surface area contributed by atoms with Crippen molar-refractivity contribution in [2.75, 3.05) is 13.1 Å². The van der Waals surface area contributed by atoms with Gasteiger partial charge in [0.2, 0.25) is 0 Å². The smallest absolute Gasteiger partial charge is 0.137 e. The summed E-state index contributed by atoms with van der Waals surface area (Å²) < 4.78 is 0.990. The van der Waals surface area contributed by atoms with Crippen molar-refractivity contribution in [3.63, 3.8) is 0 Å². The van der Waals surface area contributed by atoms with E-state index < -0.39 is 0 Å². The minimum absolute atomic E-state index is 0.990. The third-order valence-electron chi connectivity index (χ3n) is 2.95. The molecule has 1 aromatic carbocycles. The van der Waals surface area contributed by atoms with E-state index >= 15 is 0 Å². The second-order valence-corrected chi connectivity index (χ2v) is 4.30. The monoisotopic (exact) mass is 218 g/mol. The highest BCUT2D eigenvalue weighted by molar-refractivity contribution is 5.44. The molecule has 0 fully saturated rings. The molecule has 0 unspecified atom stereocenters. The zero-order valence-electron chi connectivity index (χ0n) is 10.8. The van der Waals surface area contributed by atoms with Gasteiger partial charge < -0.3 is 0 Å². The largest absolute Gasteiger partial charge is 0.265 e. The molecule has 0 aliphatic heterocycles. The van der Waals surface area contributed by atoms with Crippen LogP contribution in [0.15, 0.2) is 42.6 Å². The Hall–Kier alpha value is -1.08. The van der Waals surface area contributed by atoms with E-state index in [2.05, 4.69) is 63.4 Å². The highest BCUT2D eigenvalue weighted by atomic mass is 15.3. The summed E-state index contributed by atoms with van der Waals surface area (Å²) in [4.78, 5) is 0. The second-order valence-electron chi connectivity index (χ2n) is 4.30. The average Bonchev–Trinajstić information content (AvgIpc) is 2.31. The summed E-state index contributed by atoms with van der Waals surface area (Å²) >= 11 is 0. The van der Waals surface area contributed by atoms with Crippen LogP contribution in [-0.4, -0.2) is 13.1 Å². The van der Waals surface area contributed by atoms with Crippen molar-refractivity contribution in [3.8, 4) is 0 Å². The van der Waals surface area contributed by atoms with E-state index in [1.165, 1.54) is 31.6 Å². The maximum atomic E-state index is 2.34. The van der Waals surface area contributed by atoms with E-state index in [0.29, 0.717) is 0 Å². The predicted octanol–water partition coefficient (Wildman–Crippen LogP) is 4.35. The molecule has 88 valence electrons.